The molecule has 0 radical (unpaired) electrons. The Balaban J connectivity index is 2.68. The molecule has 0 saturated carbocycles. The maximum atomic E-state index is 12.3. The molecule has 1 heterocycles. The van der Waals surface area contributed by atoms with Crippen LogP contribution >= 0.6 is 0 Å². The molecule has 2 heteroatoms. The van der Waals surface area contributed by atoms with Gasteiger partial charge in [-0.15, -0.1) is 0 Å². The predicted octanol–water partition coefficient (Wildman–Crippen LogP) is 1.51. The molecule has 0 saturated heterocycles. The standard InChI is InChI=1S/C7H8FN/c1-6(8)7-3-2-4-9-5-7/h2-4,9H,1,5H2. The smallest absolute Gasteiger partial charge is 0.121 e. The minimum Gasteiger partial charge on any atom is -0.387 e. The van der Waals surface area contributed by atoms with Crippen molar-refractivity contribution in [3.8, 4) is 0 Å². The minimum atomic E-state index is -0.355. The van der Waals surface area contributed by atoms with E-state index in [0.717, 1.165) is 0 Å². The van der Waals surface area contributed by atoms with Gasteiger partial charge in [0.05, 0.1) is 0 Å². The third-order valence-corrected chi connectivity index (χ3v) is 1.15. The first-order chi connectivity index (χ1) is 4.30. The van der Waals surface area contributed by atoms with Gasteiger partial charge < -0.3 is 5.32 Å². The van der Waals surface area contributed by atoms with Crippen LogP contribution in [0.5, 0.6) is 0 Å². The zero-order valence-corrected chi connectivity index (χ0v) is 5.02. The van der Waals surface area contributed by atoms with Gasteiger partial charge in [0.25, 0.3) is 0 Å². The second-order valence-electron chi connectivity index (χ2n) is 1.84. The van der Waals surface area contributed by atoms with Gasteiger partial charge in [-0.05, 0) is 12.3 Å². The molecule has 1 N–H and O–H groups in total. The van der Waals surface area contributed by atoms with Gasteiger partial charge >= 0.3 is 0 Å². The summed E-state index contributed by atoms with van der Waals surface area (Å²) in [7, 11) is 0. The Kier molecular flexibility index (Phi) is 1.68. The van der Waals surface area contributed by atoms with Crippen LogP contribution in [0.15, 0.2) is 36.3 Å². The quantitative estimate of drug-likeness (QED) is 0.560. The van der Waals surface area contributed by atoms with Gasteiger partial charge in [-0.2, -0.15) is 0 Å². The molecule has 0 atom stereocenters. The van der Waals surface area contributed by atoms with E-state index in [4.69, 9.17) is 0 Å². The summed E-state index contributed by atoms with van der Waals surface area (Å²) in [5, 5.41) is 2.87. The first-order valence-electron chi connectivity index (χ1n) is 2.74. The van der Waals surface area contributed by atoms with E-state index < -0.39 is 0 Å². The van der Waals surface area contributed by atoms with Crippen LogP contribution in [-0.4, -0.2) is 6.54 Å². The van der Waals surface area contributed by atoms with Crippen LogP contribution in [0.4, 0.5) is 4.39 Å². The zero-order valence-electron chi connectivity index (χ0n) is 5.02. The Labute approximate surface area is 53.6 Å². The molecule has 1 rings (SSSR count). The molecule has 1 aliphatic rings. The largest absolute Gasteiger partial charge is 0.387 e. The van der Waals surface area contributed by atoms with E-state index in [2.05, 4.69) is 11.9 Å². The van der Waals surface area contributed by atoms with Crippen molar-refractivity contribution < 1.29 is 4.39 Å². The molecule has 0 unspecified atom stereocenters. The summed E-state index contributed by atoms with van der Waals surface area (Å²) in [6, 6.07) is 0. The second kappa shape index (κ2) is 2.49. The topological polar surface area (TPSA) is 12.0 Å². The van der Waals surface area contributed by atoms with E-state index in [0.29, 0.717) is 12.1 Å². The molecule has 0 bridgehead atoms. The highest BCUT2D eigenvalue weighted by Gasteiger charge is 2.00. The van der Waals surface area contributed by atoms with Gasteiger partial charge in [-0.1, -0.05) is 12.7 Å². The Morgan fingerprint density at radius 2 is 2.56 bits per heavy atom. The van der Waals surface area contributed by atoms with Crippen molar-refractivity contribution >= 4 is 0 Å². The highest BCUT2D eigenvalue weighted by molar-refractivity contribution is 5.30. The van der Waals surface area contributed by atoms with Crippen molar-refractivity contribution in [1.29, 1.82) is 0 Å². The lowest BCUT2D eigenvalue weighted by molar-refractivity contribution is 0.643. The molecular weight excluding hydrogens is 117 g/mol. The maximum absolute atomic E-state index is 12.3. The van der Waals surface area contributed by atoms with Crippen LogP contribution < -0.4 is 5.32 Å². The first kappa shape index (κ1) is 6.08. The summed E-state index contributed by atoms with van der Waals surface area (Å²) in [5.41, 5.74) is 0.623. The van der Waals surface area contributed by atoms with Crippen molar-refractivity contribution in [3.05, 3.63) is 36.3 Å². The summed E-state index contributed by atoms with van der Waals surface area (Å²) in [4.78, 5) is 0. The van der Waals surface area contributed by atoms with Crippen molar-refractivity contribution in [1.82, 2.24) is 5.32 Å². The molecule has 48 valence electrons. The van der Waals surface area contributed by atoms with Crippen LogP contribution in [0.3, 0.4) is 0 Å². The third-order valence-electron chi connectivity index (χ3n) is 1.15. The highest BCUT2D eigenvalue weighted by Crippen LogP contribution is 2.09. The normalized spacial score (nSPS) is 16.3. The van der Waals surface area contributed by atoms with Crippen LogP contribution in [0.25, 0.3) is 0 Å². The lowest BCUT2D eigenvalue weighted by atomic mass is 10.2. The van der Waals surface area contributed by atoms with Gasteiger partial charge in [0, 0.05) is 12.1 Å². The number of hydrogen-bond donors (Lipinski definition) is 1. The molecule has 0 aromatic heterocycles. The molecular formula is C7H8FN. The van der Waals surface area contributed by atoms with Gasteiger partial charge in [-0.3, -0.25) is 0 Å². The first-order valence-corrected chi connectivity index (χ1v) is 2.74. The predicted molar refractivity (Wildman–Crippen MR) is 35.5 cm³/mol. The summed E-state index contributed by atoms with van der Waals surface area (Å²) in [5.74, 6) is -0.355. The number of halogens is 1. The van der Waals surface area contributed by atoms with Crippen molar-refractivity contribution in [3.63, 3.8) is 0 Å². The van der Waals surface area contributed by atoms with Crippen molar-refractivity contribution in [2.75, 3.05) is 6.54 Å². The van der Waals surface area contributed by atoms with Gasteiger partial charge in [0.15, 0.2) is 0 Å². The summed E-state index contributed by atoms with van der Waals surface area (Å²) in [6.45, 7) is 3.72. The Bertz CT molecular complexity index is 179. The van der Waals surface area contributed by atoms with E-state index in [-0.39, 0.29) is 5.83 Å². The fourth-order valence-corrected chi connectivity index (χ4v) is 0.646. The van der Waals surface area contributed by atoms with E-state index in [1.807, 2.05) is 0 Å². The van der Waals surface area contributed by atoms with E-state index >= 15 is 0 Å². The minimum absolute atomic E-state index is 0.355. The molecule has 0 fully saturated rings. The second-order valence-corrected chi connectivity index (χ2v) is 1.84. The Morgan fingerprint density at radius 1 is 1.78 bits per heavy atom. The Hall–Kier alpha value is -1.05. The van der Waals surface area contributed by atoms with Gasteiger partial charge in [0.2, 0.25) is 0 Å². The van der Waals surface area contributed by atoms with Gasteiger partial charge in [-0.25, -0.2) is 4.39 Å². The van der Waals surface area contributed by atoms with Crippen LogP contribution in [0, 0.1) is 0 Å². The maximum Gasteiger partial charge on any atom is 0.121 e. The number of rotatable bonds is 1. The summed E-state index contributed by atoms with van der Waals surface area (Å²) in [6.07, 6.45) is 5.23. The number of allylic oxidation sites excluding steroid dienone is 2. The molecule has 1 nitrogen and oxygen atoms in total. The SMILES string of the molecule is C=C(F)C1=CC=CNC1. The van der Waals surface area contributed by atoms with Crippen LogP contribution in [-0.2, 0) is 0 Å². The van der Waals surface area contributed by atoms with E-state index in [9.17, 15) is 4.39 Å². The Morgan fingerprint density at radius 3 is 2.89 bits per heavy atom. The zero-order chi connectivity index (χ0) is 6.69. The summed E-state index contributed by atoms with van der Waals surface area (Å²) >= 11 is 0. The average molecular weight is 125 g/mol. The van der Waals surface area contributed by atoms with Crippen LogP contribution in [0.1, 0.15) is 0 Å². The average Bonchev–Trinajstić information content (AvgIpc) is 1.90. The van der Waals surface area contributed by atoms with E-state index in [1.54, 1.807) is 18.4 Å². The van der Waals surface area contributed by atoms with Crippen LogP contribution in [0.2, 0.25) is 0 Å². The molecule has 0 spiro atoms. The number of nitrogens with one attached hydrogen (secondary N) is 1. The fraction of sp³-hybridized carbons (Fsp3) is 0.143. The molecule has 0 aromatic carbocycles. The number of hydrogen-bond acceptors (Lipinski definition) is 1. The third kappa shape index (κ3) is 1.42. The lowest BCUT2D eigenvalue weighted by Gasteiger charge is -2.06. The molecule has 0 amide bonds. The number of dihydropyridines is 1. The van der Waals surface area contributed by atoms with Crippen molar-refractivity contribution in [2.45, 2.75) is 0 Å². The molecule has 1 aliphatic heterocycles. The molecule has 0 aromatic rings. The molecule has 0 aliphatic carbocycles. The molecule has 9 heavy (non-hydrogen) atoms. The summed E-state index contributed by atoms with van der Waals surface area (Å²) < 4.78 is 12.3. The van der Waals surface area contributed by atoms with E-state index in [1.165, 1.54) is 0 Å². The lowest BCUT2D eigenvalue weighted by Crippen LogP contribution is -2.12. The van der Waals surface area contributed by atoms with Gasteiger partial charge in [0.1, 0.15) is 5.83 Å². The fourth-order valence-electron chi connectivity index (χ4n) is 0.646. The monoisotopic (exact) mass is 125 g/mol. The van der Waals surface area contributed by atoms with Crippen molar-refractivity contribution in [2.24, 2.45) is 0 Å². The highest BCUT2D eigenvalue weighted by atomic mass is 19.1.